The number of rotatable bonds is 6. The predicted molar refractivity (Wildman–Crippen MR) is 143 cm³/mol. The van der Waals surface area contributed by atoms with Gasteiger partial charge in [0.15, 0.2) is 5.78 Å². The van der Waals surface area contributed by atoms with Crippen molar-refractivity contribution in [2.75, 3.05) is 44.3 Å². The number of morpholine rings is 1. The topological polar surface area (TPSA) is 45.7 Å². The number of ketones is 1. The normalized spacial score (nSPS) is 22.0. The van der Waals surface area contributed by atoms with Crippen molar-refractivity contribution in [3.63, 3.8) is 0 Å². The number of anilines is 1. The quantitative estimate of drug-likeness (QED) is 0.444. The standard InChI is InChI=1S/C29H33N3O2S/c1-29(2)21-32(14-13-24-11-7-19-35-24)27(22-8-4-3-5-9-22)25(28(29)33)20-23-10-6-12-26(30-23)31-15-17-34-18-16-31/h3-12,19-20,27H,13-18,21H2,1-2H3. The zero-order valence-electron chi connectivity index (χ0n) is 20.5. The van der Waals surface area contributed by atoms with Crippen molar-refractivity contribution >= 4 is 29.0 Å². The van der Waals surface area contributed by atoms with Crippen LogP contribution in [0, 0.1) is 5.41 Å². The zero-order valence-corrected chi connectivity index (χ0v) is 21.3. The third-order valence-corrected chi connectivity index (χ3v) is 7.81. The molecule has 3 aromatic rings. The van der Waals surface area contributed by atoms with Crippen LogP contribution in [0.1, 0.15) is 36.0 Å². The summed E-state index contributed by atoms with van der Waals surface area (Å²) in [5.41, 5.74) is 2.34. The second kappa shape index (κ2) is 10.4. The lowest BCUT2D eigenvalue weighted by Crippen LogP contribution is -2.49. The fourth-order valence-corrected chi connectivity index (χ4v) is 5.82. The molecule has 2 aliphatic rings. The number of carbonyl (C=O) groups excluding carboxylic acids is 1. The molecular formula is C29H33N3O2S. The largest absolute Gasteiger partial charge is 0.378 e. The van der Waals surface area contributed by atoms with Crippen molar-refractivity contribution in [2.24, 2.45) is 5.41 Å². The van der Waals surface area contributed by atoms with Crippen LogP contribution in [-0.2, 0) is 16.0 Å². The molecule has 35 heavy (non-hydrogen) atoms. The van der Waals surface area contributed by atoms with Gasteiger partial charge in [0.05, 0.1) is 24.9 Å². The summed E-state index contributed by atoms with van der Waals surface area (Å²) in [6.45, 7) is 8.87. The van der Waals surface area contributed by atoms with Crippen molar-refractivity contribution in [1.82, 2.24) is 9.88 Å². The van der Waals surface area contributed by atoms with Crippen molar-refractivity contribution in [3.8, 4) is 0 Å². The van der Waals surface area contributed by atoms with Crippen LogP contribution in [0.5, 0.6) is 0 Å². The summed E-state index contributed by atoms with van der Waals surface area (Å²) in [4.78, 5) is 24.9. The van der Waals surface area contributed by atoms with Gasteiger partial charge in [-0.05, 0) is 41.6 Å². The monoisotopic (exact) mass is 487 g/mol. The lowest BCUT2D eigenvalue weighted by molar-refractivity contribution is -0.128. The summed E-state index contributed by atoms with van der Waals surface area (Å²) < 4.78 is 5.50. The van der Waals surface area contributed by atoms with E-state index in [2.05, 4.69) is 65.4 Å². The number of aromatic nitrogens is 1. The lowest BCUT2D eigenvalue weighted by atomic mass is 9.74. The molecule has 0 spiro atoms. The van der Waals surface area contributed by atoms with Crippen LogP contribution >= 0.6 is 11.3 Å². The van der Waals surface area contributed by atoms with Crippen molar-refractivity contribution in [3.05, 3.63) is 87.8 Å². The molecular weight excluding hydrogens is 454 g/mol. The van der Waals surface area contributed by atoms with Gasteiger partial charge in [0, 0.05) is 42.0 Å². The summed E-state index contributed by atoms with van der Waals surface area (Å²) in [7, 11) is 0. The van der Waals surface area contributed by atoms with Crippen LogP contribution in [0.3, 0.4) is 0 Å². The number of ether oxygens (including phenoxy) is 1. The van der Waals surface area contributed by atoms with Crippen molar-refractivity contribution in [2.45, 2.75) is 26.3 Å². The highest BCUT2D eigenvalue weighted by Gasteiger charge is 2.43. The van der Waals surface area contributed by atoms with Crippen LogP contribution in [0.2, 0.25) is 0 Å². The average Bonchev–Trinajstić information content (AvgIpc) is 3.41. The third kappa shape index (κ3) is 5.40. The molecule has 1 aromatic carbocycles. The first kappa shape index (κ1) is 23.9. The minimum absolute atomic E-state index is 0.0921. The van der Waals surface area contributed by atoms with Gasteiger partial charge in [0.25, 0.3) is 0 Å². The Bertz CT molecular complexity index is 1170. The smallest absolute Gasteiger partial charge is 0.167 e. The van der Waals surface area contributed by atoms with E-state index in [0.29, 0.717) is 0 Å². The van der Waals surface area contributed by atoms with Gasteiger partial charge in [-0.3, -0.25) is 9.69 Å². The van der Waals surface area contributed by atoms with Crippen LogP contribution in [0.4, 0.5) is 5.82 Å². The number of nitrogens with zero attached hydrogens (tertiary/aromatic N) is 3. The molecule has 6 heteroatoms. The fourth-order valence-electron chi connectivity index (χ4n) is 5.12. The summed E-state index contributed by atoms with van der Waals surface area (Å²) in [5.74, 6) is 1.15. The van der Waals surface area contributed by atoms with Gasteiger partial charge in [0.1, 0.15) is 5.82 Å². The van der Waals surface area contributed by atoms with E-state index in [9.17, 15) is 4.79 Å². The third-order valence-electron chi connectivity index (χ3n) is 6.87. The van der Waals surface area contributed by atoms with Crippen LogP contribution in [0.25, 0.3) is 6.08 Å². The van der Waals surface area contributed by atoms with Gasteiger partial charge in [-0.1, -0.05) is 56.3 Å². The van der Waals surface area contributed by atoms with Gasteiger partial charge in [0.2, 0.25) is 0 Å². The van der Waals surface area contributed by atoms with Gasteiger partial charge >= 0.3 is 0 Å². The highest BCUT2D eigenvalue weighted by molar-refractivity contribution is 7.09. The minimum atomic E-state index is -0.464. The second-order valence-corrected chi connectivity index (χ2v) is 11.0. The molecule has 5 nitrogen and oxygen atoms in total. The molecule has 1 atom stereocenters. The second-order valence-electron chi connectivity index (χ2n) is 9.95. The maximum atomic E-state index is 13.9. The summed E-state index contributed by atoms with van der Waals surface area (Å²) in [6.07, 6.45) is 3.01. The molecule has 0 aliphatic carbocycles. The van der Waals surface area contributed by atoms with Gasteiger partial charge in [-0.15, -0.1) is 11.3 Å². The number of benzene rings is 1. The highest BCUT2D eigenvalue weighted by atomic mass is 32.1. The zero-order chi connectivity index (χ0) is 24.3. The van der Waals surface area contributed by atoms with Gasteiger partial charge in [-0.2, -0.15) is 0 Å². The SMILES string of the molecule is CC1(C)CN(CCc2cccs2)C(c2ccccc2)C(=Cc2cccc(N3CCOCC3)n2)C1=O. The molecule has 2 aliphatic heterocycles. The number of hydrogen-bond acceptors (Lipinski definition) is 6. The Kier molecular flexibility index (Phi) is 7.14. The number of carbonyl (C=O) groups is 1. The molecule has 182 valence electrons. The Morgan fingerprint density at radius 1 is 1.06 bits per heavy atom. The Morgan fingerprint density at radius 3 is 2.60 bits per heavy atom. The molecule has 0 radical (unpaired) electrons. The molecule has 2 saturated heterocycles. The first-order valence-electron chi connectivity index (χ1n) is 12.4. The predicted octanol–water partition coefficient (Wildman–Crippen LogP) is 5.26. The highest BCUT2D eigenvalue weighted by Crippen LogP contribution is 2.41. The van der Waals surface area contributed by atoms with Crippen LogP contribution in [-0.4, -0.2) is 55.1 Å². The van der Waals surface area contributed by atoms with E-state index in [1.807, 2.05) is 30.3 Å². The molecule has 0 amide bonds. The molecule has 0 N–H and O–H groups in total. The van der Waals surface area contributed by atoms with Gasteiger partial charge < -0.3 is 9.64 Å². The Morgan fingerprint density at radius 2 is 1.86 bits per heavy atom. The fraction of sp³-hybridized carbons (Fsp3) is 0.379. The van der Waals surface area contributed by atoms with E-state index in [1.165, 1.54) is 4.88 Å². The van der Waals surface area contributed by atoms with Crippen molar-refractivity contribution in [1.29, 1.82) is 0 Å². The number of Topliss-reactive ketones (excluding diaryl/α,β-unsaturated/α-hetero) is 1. The summed E-state index contributed by atoms with van der Waals surface area (Å²) in [6, 6.07) is 20.7. The maximum absolute atomic E-state index is 13.9. The number of hydrogen-bond donors (Lipinski definition) is 0. The minimum Gasteiger partial charge on any atom is -0.378 e. The first-order chi connectivity index (χ1) is 17.0. The van der Waals surface area contributed by atoms with Crippen molar-refractivity contribution < 1.29 is 9.53 Å². The maximum Gasteiger partial charge on any atom is 0.167 e. The molecule has 5 rings (SSSR count). The Hall–Kier alpha value is -2.80. The summed E-state index contributed by atoms with van der Waals surface area (Å²) >= 11 is 1.80. The Labute approximate surface area is 212 Å². The van der Waals surface area contributed by atoms with Crippen LogP contribution in [0.15, 0.2) is 71.6 Å². The number of pyridine rings is 1. The van der Waals surface area contributed by atoms with E-state index < -0.39 is 5.41 Å². The number of thiophene rings is 1. The number of piperidine rings is 1. The van der Waals surface area contributed by atoms with E-state index in [4.69, 9.17) is 9.72 Å². The van der Waals surface area contributed by atoms with Gasteiger partial charge in [-0.25, -0.2) is 4.98 Å². The molecule has 0 saturated carbocycles. The molecule has 0 bridgehead atoms. The van der Waals surface area contributed by atoms with E-state index >= 15 is 0 Å². The molecule has 2 fully saturated rings. The molecule has 4 heterocycles. The van der Waals surface area contributed by atoms with E-state index in [-0.39, 0.29) is 11.8 Å². The average molecular weight is 488 g/mol. The summed E-state index contributed by atoms with van der Waals surface area (Å²) in [5, 5.41) is 2.13. The van der Waals surface area contributed by atoms with Crippen LogP contribution < -0.4 is 4.90 Å². The van der Waals surface area contributed by atoms with E-state index in [1.54, 1.807) is 11.3 Å². The molecule has 2 aromatic heterocycles. The number of likely N-dealkylation sites (tertiary alicyclic amines) is 1. The first-order valence-corrected chi connectivity index (χ1v) is 13.3. The molecule has 1 unspecified atom stereocenters. The Balaban J connectivity index is 1.53. The van der Waals surface area contributed by atoms with E-state index in [0.717, 1.165) is 68.5 Å². The lowest BCUT2D eigenvalue weighted by Gasteiger charge is -2.44.